The highest BCUT2D eigenvalue weighted by molar-refractivity contribution is 5.88. The molecule has 6 atom stereocenters. The van der Waals surface area contributed by atoms with Crippen LogP contribution in [0.15, 0.2) is 23.3 Å². The molecule has 0 N–H and O–H groups in total. The average molecular weight is 437 g/mol. The Balaban J connectivity index is 2.60. The van der Waals surface area contributed by atoms with Crippen molar-refractivity contribution in [2.24, 2.45) is 11.8 Å². The van der Waals surface area contributed by atoms with Crippen molar-refractivity contribution in [2.75, 3.05) is 0 Å². The van der Waals surface area contributed by atoms with Gasteiger partial charge in [0.25, 0.3) is 0 Å². The van der Waals surface area contributed by atoms with Gasteiger partial charge in [-0.2, -0.15) is 0 Å². The van der Waals surface area contributed by atoms with Gasteiger partial charge in [0.05, 0.1) is 5.60 Å². The zero-order chi connectivity index (χ0) is 23.5. The molecule has 1 aliphatic heterocycles. The van der Waals surface area contributed by atoms with Crippen LogP contribution in [0.3, 0.4) is 0 Å². The summed E-state index contributed by atoms with van der Waals surface area (Å²) in [5.74, 6) is -1.90. The van der Waals surface area contributed by atoms with E-state index in [0.29, 0.717) is 12.0 Å². The van der Waals surface area contributed by atoms with E-state index in [0.717, 1.165) is 12.0 Å². The number of hydrogen-bond donors (Lipinski definition) is 0. The smallest absolute Gasteiger partial charge is 0.334 e. The molecule has 1 aliphatic carbocycles. The number of carbonyl (C=O) groups excluding carboxylic acids is 3. The number of esters is 3. The molecule has 2 rings (SSSR count). The Morgan fingerprint density at radius 2 is 1.68 bits per heavy atom. The number of hydrogen-bond acceptors (Lipinski definition) is 7. The molecule has 0 aromatic heterocycles. The maximum atomic E-state index is 12.7. The number of epoxide rings is 1. The molecule has 6 unspecified atom stereocenters. The van der Waals surface area contributed by atoms with E-state index in [4.69, 9.17) is 18.9 Å². The van der Waals surface area contributed by atoms with E-state index in [1.54, 1.807) is 19.9 Å². The first-order valence-corrected chi connectivity index (χ1v) is 10.9. The van der Waals surface area contributed by atoms with Crippen LogP contribution in [0, 0.1) is 11.8 Å². The molecule has 0 radical (unpaired) electrons. The van der Waals surface area contributed by atoms with Crippen molar-refractivity contribution in [1.82, 2.24) is 0 Å². The molecule has 0 aromatic rings. The van der Waals surface area contributed by atoms with Gasteiger partial charge >= 0.3 is 17.9 Å². The maximum absolute atomic E-state index is 12.7. The van der Waals surface area contributed by atoms with Crippen LogP contribution in [0.1, 0.15) is 68.2 Å². The topological polar surface area (TPSA) is 91.4 Å². The summed E-state index contributed by atoms with van der Waals surface area (Å²) in [6.07, 6.45) is 2.52. The van der Waals surface area contributed by atoms with E-state index < -0.39 is 47.7 Å². The third kappa shape index (κ3) is 5.97. The van der Waals surface area contributed by atoms with Gasteiger partial charge in [-0.3, -0.25) is 9.59 Å². The third-order valence-electron chi connectivity index (χ3n) is 6.22. The summed E-state index contributed by atoms with van der Waals surface area (Å²) in [5.41, 5.74) is 0.830. The molecule has 31 heavy (non-hydrogen) atoms. The van der Waals surface area contributed by atoms with Gasteiger partial charge in [-0.05, 0) is 52.0 Å². The third-order valence-corrected chi connectivity index (χ3v) is 6.22. The second kappa shape index (κ2) is 9.98. The first kappa shape index (κ1) is 25.1. The molecule has 0 saturated carbocycles. The van der Waals surface area contributed by atoms with Crippen LogP contribution in [0.25, 0.3) is 0 Å². The van der Waals surface area contributed by atoms with E-state index >= 15 is 0 Å². The van der Waals surface area contributed by atoms with Crippen molar-refractivity contribution in [1.29, 1.82) is 0 Å². The molecule has 0 aromatic carbocycles. The monoisotopic (exact) mass is 436 g/mol. The van der Waals surface area contributed by atoms with E-state index in [-0.39, 0.29) is 12.0 Å². The second-order valence-electron chi connectivity index (χ2n) is 9.10. The minimum atomic E-state index is -0.835. The average Bonchev–Trinajstić information content (AvgIpc) is 3.33. The minimum absolute atomic E-state index is 0.0570. The van der Waals surface area contributed by atoms with Gasteiger partial charge in [-0.25, -0.2) is 4.79 Å². The standard InChI is InChI=1S/C24H36O7/c1-9-14(4)23(27)30-19-15(5)11-10-12-24(8)22(31-24)21(29-17(7)26)18(13(2)3)20(19)28-16(6)25/h9,11,13,18-22H,10,12H2,1-8H3. The van der Waals surface area contributed by atoms with Crippen molar-refractivity contribution in [3.8, 4) is 0 Å². The van der Waals surface area contributed by atoms with Crippen LogP contribution in [0.4, 0.5) is 0 Å². The fourth-order valence-electron chi connectivity index (χ4n) is 4.33. The van der Waals surface area contributed by atoms with Crippen LogP contribution in [0.2, 0.25) is 0 Å². The summed E-state index contributed by atoms with van der Waals surface area (Å²) < 4.78 is 23.4. The minimum Gasteiger partial charge on any atom is -0.459 e. The van der Waals surface area contributed by atoms with E-state index in [1.165, 1.54) is 13.8 Å². The summed E-state index contributed by atoms with van der Waals surface area (Å²) in [5, 5.41) is 0. The summed E-state index contributed by atoms with van der Waals surface area (Å²) in [6.45, 7) is 13.9. The predicted octanol–water partition coefficient (Wildman–Crippen LogP) is 3.90. The van der Waals surface area contributed by atoms with E-state index in [1.807, 2.05) is 33.8 Å². The summed E-state index contributed by atoms with van der Waals surface area (Å²) in [4.78, 5) is 36.8. The van der Waals surface area contributed by atoms with Gasteiger partial charge in [-0.15, -0.1) is 0 Å². The number of fused-ring (bicyclic) bond motifs is 1. The van der Waals surface area contributed by atoms with Crippen LogP contribution in [-0.4, -0.2) is 47.9 Å². The summed E-state index contributed by atoms with van der Waals surface area (Å²) in [6, 6.07) is 0. The molecule has 0 spiro atoms. The van der Waals surface area contributed by atoms with Gasteiger partial charge in [-0.1, -0.05) is 26.0 Å². The van der Waals surface area contributed by atoms with Gasteiger partial charge in [0.15, 0.2) is 6.10 Å². The summed E-state index contributed by atoms with van der Waals surface area (Å²) in [7, 11) is 0. The fourth-order valence-corrected chi connectivity index (χ4v) is 4.33. The SMILES string of the molecule is CC=C(C)C(=O)OC1C(C)=CCCC2(C)OC2C(OC(C)=O)C(C(C)C)C1OC(C)=O. The Bertz CT molecular complexity index is 766. The van der Waals surface area contributed by atoms with Crippen LogP contribution in [-0.2, 0) is 33.3 Å². The molecule has 2 aliphatic rings. The molecule has 1 saturated heterocycles. The normalized spacial score (nSPS) is 33.6. The lowest BCUT2D eigenvalue weighted by Gasteiger charge is -2.39. The van der Waals surface area contributed by atoms with Crippen molar-refractivity contribution in [3.63, 3.8) is 0 Å². The molecule has 7 heteroatoms. The number of carbonyl (C=O) groups is 3. The first-order valence-electron chi connectivity index (χ1n) is 10.9. The largest absolute Gasteiger partial charge is 0.459 e. The number of allylic oxidation sites excluding steroid dienone is 2. The quantitative estimate of drug-likeness (QED) is 0.212. The Morgan fingerprint density at radius 3 is 2.19 bits per heavy atom. The Kier molecular flexibility index (Phi) is 8.09. The molecule has 7 nitrogen and oxygen atoms in total. The van der Waals surface area contributed by atoms with Gasteiger partial charge < -0.3 is 18.9 Å². The van der Waals surface area contributed by atoms with Crippen molar-refractivity contribution < 1.29 is 33.3 Å². The molecule has 0 bridgehead atoms. The molecular formula is C24H36O7. The first-order chi connectivity index (χ1) is 14.4. The zero-order valence-electron chi connectivity index (χ0n) is 19.9. The van der Waals surface area contributed by atoms with Crippen molar-refractivity contribution in [2.45, 2.75) is 98.2 Å². The van der Waals surface area contributed by atoms with Gasteiger partial charge in [0.2, 0.25) is 0 Å². The second-order valence-corrected chi connectivity index (χ2v) is 9.10. The predicted molar refractivity (Wildman–Crippen MR) is 115 cm³/mol. The molecule has 174 valence electrons. The highest BCUT2D eigenvalue weighted by atomic mass is 16.6. The highest BCUT2D eigenvalue weighted by Crippen LogP contribution is 2.48. The number of ether oxygens (including phenoxy) is 4. The molecule has 0 amide bonds. The van der Waals surface area contributed by atoms with E-state index in [9.17, 15) is 14.4 Å². The van der Waals surface area contributed by atoms with Crippen molar-refractivity contribution >= 4 is 17.9 Å². The number of rotatable bonds is 5. The van der Waals surface area contributed by atoms with Gasteiger partial charge in [0, 0.05) is 25.3 Å². The van der Waals surface area contributed by atoms with Gasteiger partial charge in [0.1, 0.15) is 18.3 Å². The van der Waals surface area contributed by atoms with Crippen molar-refractivity contribution in [3.05, 3.63) is 23.3 Å². The lowest BCUT2D eigenvalue weighted by molar-refractivity contribution is -0.178. The Labute approximate surface area is 185 Å². The van der Waals surface area contributed by atoms with Crippen LogP contribution >= 0.6 is 0 Å². The van der Waals surface area contributed by atoms with Crippen LogP contribution in [0.5, 0.6) is 0 Å². The van der Waals surface area contributed by atoms with E-state index in [2.05, 4.69) is 0 Å². The highest BCUT2D eigenvalue weighted by Gasteiger charge is 2.61. The molecular weight excluding hydrogens is 400 g/mol. The summed E-state index contributed by atoms with van der Waals surface area (Å²) >= 11 is 0. The fraction of sp³-hybridized carbons (Fsp3) is 0.708. The lowest BCUT2D eigenvalue weighted by Crippen LogP contribution is -2.51. The van der Waals surface area contributed by atoms with Crippen LogP contribution < -0.4 is 0 Å². The maximum Gasteiger partial charge on any atom is 0.334 e. The molecule has 1 fully saturated rings. The Hall–Kier alpha value is -2.15. The zero-order valence-corrected chi connectivity index (χ0v) is 19.9. The molecule has 1 heterocycles. The lowest BCUT2D eigenvalue weighted by atomic mass is 9.77. The Morgan fingerprint density at radius 1 is 1.10 bits per heavy atom.